The van der Waals surface area contributed by atoms with Crippen molar-refractivity contribution in [2.75, 3.05) is 6.54 Å². The molecular weight excluding hydrogens is 284 g/mol. The van der Waals surface area contributed by atoms with Crippen LogP contribution in [0, 0.1) is 5.92 Å². The first kappa shape index (κ1) is 15.4. The van der Waals surface area contributed by atoms with E-state index in [1.54, 1.807) is 6.20 Å². The standard InChI is InChI=1S/C19H22N4/c1-16(14-23-9-8-21-15-23)11-22-12-17-4-2-5-18(10-17)19-6-3-7-20-13-19/h2-10,13,15-16,22H,11-12,14H2,1H3. The van der Waals surface area contributed by atoms with E-state index >= 15 is 0 Å². The van der Waals surface area contributed by atoms with Gasteiger partial charge in [-0.1, -0.05) is 31.2 Å². The first-order valence-electron chi connectivity index (χ1n) is 7.97. The first-order valence-corrected chi connectivity index (χ1v) is 7.97. The molecular formula is C19H22N4. The fraction of sp³-hybridized carbons (Fsp3) is 0.263. The highest BCUT2D eigenvalue weighted by Crippen LogP contribution is 2.19. The second-order valence-electron chi connectivity index (χ2n) is 5.94. The lowest BCUT2D eigenvalue weighted by Gasteiger charge is -2.13. The van der Waals surface area contributed by atoms with Crippen LogP contribution >= 0.6 is 0 Å². The smallest absolute Gasteiger partial charge is 0.0946 e. The van der Waals surface area contributed by atoms with Gasteiger partial charge in [-0.15, -0.1) is 0 Å². The van der Waals surface area contributed by atoms with Crippen LogP contribution in [0.2, 0.25) is 0 Å². The molecule has 0 bridgehead atoms. The van der Waals surface area contributed by atoms with E-state index in [9.17, 15) is 0 Å². The SMILES string of the molecule is CC(CNCc1cccc(-c2cccnc2)c1)Cn1ccnc1. The zero-order valence-electron chi connectivity index (χ0n) is 13.4. The maximum Gasteiger partial charge on any atom is 0.0946 e. The average molecular weight is 306 g/mol. The minimum absolute atomic E-state index is 0.561. The van der Waals surface area contributed by atoms with Gasteiger partial charge in [0.1, 0.15) is 0 Å². The van der Waals surface area contributed by atoms with E-state index in [1.807, 2.05) is 31.0 Å². The van der Waals surface area contributed by atoms with Gasteiger partial charge in [-0.25, -0.2) is 4.98 Å². The zero-order valence-corrected chi connectivity index (χ0v) is 13.4. The molecule has 0 aliphatic carbocycles. The van der Waals surface area contributed by atoms with Gasteiger partial charge < -0.3 is 9.88 Å². The minimum atomic E-state index is 0.561. The summed E-state index contributed by atoms with van der Waals surface area (Å²) in [6.45, 7) is 5.10. The Morgan fingerprint density at radius 1 is 1.09 bits per heavy atom. The molecule has 4 heteroatoms. The molecule has 0 saturated carbocycles. The number of rotatable bonds is 7. The van der Waals surface area contributed by atoms with Crippen LogP contribution in [-0.2, 0) is 13.1 Å². The lowest BCUT2D eigenvalue weighted by Crippen LogP contribution is -2.23. The molecule has 2 heterocycles. The Bertz CT molecular complexity index is 707. The van der Waals surface area contributed by atoms with Gasteiger partial charge in [0.2, 0.25) is 0 Å². The van der Waals surface area contributed by atoms with Crippen molar-refractivity contribution < 1.29 is 0 Å². The third-order valence-electron chi connectivity index (χ3n) is 3.83. The Hall–Kier alpha value is -2.46. The second-order valence-corrected chi connectivity index (χ2v) is 5.94. The van der Waals surface area contributed by atoms with Crippen LogP contribution in [0.5, 0.6) is 0 Å². The summed E-state index contributed by atoms with van der Waals surface area (Å²) in [6.07, 6.45) is 9.40. The molecule has 0 aliphatic rings. The van der Waals surface area contributed by atoms with Crippen molar-refractivity contribution in [2.45, 2.75) is 20.0 Å². The number of pyridine rings is 1. The number of aromatic nitrogens is 3. The van der Waals surface area contributed by atoms with Gasteiger partial charge in [0.05, 0.1) is 6.33 Å². The van der Waals surface area contributed by atoms with Crippen LogP contribution in [-0.4, -0.2) is 21.1 Å². The molecule has 0 saturated heterocycles. The van der Waals surface area contributed by atoms with Gasteiger partial charge in [0.15, 0.2) is 0 Å². The third-order valence-corrected chi connectivity index (χ3v) is 3.83. The van der Waals surface area contributed by atoms with Crippen molar-refractivity contribution in [3.63, 3.8) is 0 Å². The number of nitrogens with one attached hydrogen (secondary N) is 1. The summed E-state index contributed by atoms with van der Waals surface area (Å²) in [5.74, 6) is 0.561. The van der Waals surface area contributed by atoms with Gasteiger partial charge in [0.25, 0.3) is 0 Å². The van der Waals surface area contributed by atoms with Crippen molar-refractivity contribution in [3.8, 4) is 11.1 Å². The highest BCUT2D eigenvalue weighted by atomic mass is 15.0. The molecule has 1 aromatic carbocycles. The maximum absolute atomic E-state index is 4.19. The van der Waals surface area contributed by atoms with Crippen molar-refractivity contribution in [3.05, 3.63) is 73.1 Å². The summed E-state index contributed by atoms with van der Waals surface area (Å²) in [4.78, 5) is 8.27. The van der Waals surface area contributed by atoms with Crippen molar-refractivity contribution >= 4 is 0 Å². The van der Waals surface area contributed by atoms with E-state index in [0.717, 1.165) is 25.2 Å². The molecule has 0 radical (unpaired) electrons. The number of hydrogen-bond donors (Lipinski definition) is 1. The third kappa shape index (κ3) is 4.50. The topological polar surface area (TPSA) is 42.7 Å². The molecule has 0 amide bonds. The summed E-state index contributed by atoms with van der Waals surface area (Å²) < 4.78 is 2.12. The Labute approximate surface area is 137 Å². The van der Waals surface area contributed by atoms with Gasteiger partial charge in [-0.05, 0) is 41.3 Å². The predicted octanol–water partition coefficient (Wildman–Crippen LogP) is 3.37. The Morgan fingerprint density at radius 3 is 2.78 bits per heavy atom. The normalized spacial score (nSPS) is 12.2. The van der Waals surface area contributed by atoms with Crippen molar-refractivity contribution in [1.29, 1.82) is 0 Å². The molecule has 0 spiro atoms. The maximum atomic E-state index is 4.19. The number of imidazole rings is 1. The number of hydrogen-bond acceptors (Lipinski definition) is 3. The molecule has 1 atom stereocenters. The largest absolute Gasteiger partial charge is 0.337 e. The Morgan fingerprint density at radius 2 is 2.00 bits per heavy atom. The van der Waals surface area contributed by atoms with E-state index in [1.165, 1.54) is 11.1 Å². The van der Waals surface area contributed by atoms with Gasteiger partial charge in [-0.2, -0.15) is 0 Å². The van der Waals surface area contributed by atoms with Crippen LogP contribution in [0.15, 0.2) is 67.5 Å². The molecule has 23 heavy (non-hydrogen) atoms. The molecule has 4 nitrogen and oxygen atoms in total. The molecule has 1 unspecified atom stereocenters. The second kappa shape index (κ2) is 7.70. The monoisotopic (exact) mass is 306 g/mol. The van der Waals surface area contributed by atoms with E-state index < -0.39 is 0 Å². The molecule has 0 aliphatic heterocycles. The lowest BCUT2D eigenvalue weighted by molar-refractivity contribution is 0.445. The first-order chi connectivity index (χ1) is 11.3. The minimum Gasteiger partial charge on any atom is -0.337 e. The Kier molecular flexibility index (Phi) is 5.17. The zero-order chi connectivity index (χ0) is 15.9. The number of benzene rings is 1. The van der Waals surface area contributed by atoms with Crippen LogP contribution < -0.4 is 5.32 Å². The highest BCUT2D eigenvalue weighted by Gasteiger charge is 2.03. The molecule has 118 valence electrons. The van der Waals surface area contributed by atoms with E-state index in [-0.39, 0.29) is 0 Å². The van der Waals surface area contributed by atoms with E-state index in [0.29, 0.717) is 5.92 Å². The van der Waals surface area contributed by atoms with Crippen LogP contribution in [0.1, 0.15) is 12.5 Å². The Balaban J connectivity index is 1.52. The molecule has 1 N–H and O–H groups in total. The van der Waals surface area contributed by atoms with Crippen molar-refractivity contribution in [2.24, 2.45) is 5.92 Å². The summed E-state index contributed by atoms with van der Waals surface area (Å²) in [5, 5.41) is 3.54. The average Bonchev–Trinajstić information content (AvgIpc) is 3.09. The van der Waals surface area contributed by atoms with Crippen LogP contribution in [0.3, 0.4) is 0 Å². The summed E-state index contributed by atoms with van der Waals surface area (Å²) in [6, 6.07) is 12.7. The molecule has 0 fully saturated rings. The van der Waals surface area contributed by atoms with Crippen molar-refractivity contribution in [1.82, 2.24) is 19.9 Å². The molecule has 2 aromatic heterocycles. The molecule has 3 rings (SSSR count). The predicted molar refractivity (Wildman–Crippen MR) is 92.8 cm³/mol. The van der Waals surface area contributed by atoms with Gasteiger partial charge in [-0.3, -0.25) is 4.98 Å². The fourth-order valence-electron chi connectivity index (χ4n) is 2.68. The lowest BCUT2D eigenvalue weighted by atomic mass is 10.0. The van der Waals surface area contributed by atoms with Gasteiger partial charge >= 0.3 is 0 Å². The van der Waals surface area contributed by atoms with Crippen LogP contribution in [0.25, 0.3) is 11.1 Å². The fourth-order valence-corrected chi connectivity index (χ4v) is 2.68. The van der Waals surface area contributed by atoms with Gasteiger partial charge in [0, 0.05) is 37.9 Å². The summed E-state index contributed by atoms with van der Waals surface area (Å²) in [7, 11) is 0. The summed E-state index contributed by atoms with van der Waals surface area (Å²) in [5.41, 5.74) is 3.66. The van der Waals surface area contributed by atoms with E-state index in [2.05, 4.69) is 57.1 Å². The highest BCUT2D eigenvalue weighted by molar-refractivity contribution is 5.62. The summed E-state index contributed by atoms with van der Waals surface area (Å²) >= 11 is 0. The van der Waals surface area contributed by atoms with Crippen LogP contribution in [0.4, 0.5) is 0 Å². The van der Waals surface area contributed by atoms with E-state index in [4.69, 9.17) is 0 Å². The molecule has 3 aromatic rings. The number of nitrogens with zero attached hydrogens (tertiary/aromatic N) is 3. The quantitative estimate of drug-likeness (QED) is 0.728.